The third kappa shape index (κ3) is 3.11. The summed E-state index contributed by atoms with van der Waals surface area (Å²) in [6.45, 7) is 0.316. The second-order valence-electron chi connectivity index (χ2n) is 4.91. The molecule has 2 rings (SSSR count). The standard InChI is InChI=1S/C14H18FNO3/c1-19-9-12(17)8-16-13(18)14(5-6-14)10-3-2-4-11(15)7-10/h2-4,7,12,17H,5-6,8-9H2,1H3,(H,16,18). The Bertz CT molecular complexity index is 460. The van der Waals surface area contributed by atoms with E-state index in [4.69, 9.17) is 4.74 Å². The molecule has 0 heterocycles. The molecule has 1 aliphatic rings. The Labute approximate surface area is 111 Å². The monoisotopic (exact) mass is 267 g/mol. The van der Waals surface area contributed by atoms with Gasteiger partial charge in [0, 0.05) is 13.7 Å². The molecule has 1 fully saturated rings. The zero-order chi connectivity index (χ0) is 13.9. The minimum Gasteiger partial charge on any atom is -0.389 e. The van der Waals surface area contributed by atoms with Crippen molar-refractivity contribution in [2.45, 2.75) is 24.4 Å². The van der Waals surface area contributed by atoms with Crippen LogP contribution in [0.15, 0.2) is 24.3 Å². The SMILES string of the molecule is COCC(O)CNC(=O)C1(c2cccc(F)c2)CC1. The van der Waals surface area contributed by atoms with Crippen LogP contribution < -0.4 is 5.32 Å². The molecule has 1 aliphatic carbocycles. The van der Waals surface area contributed by atoms with Gasteiger partial charge in [0.25, 0.3) is 0 Å². The van der Waals surface area contributed by atoms with Crippen molar-refractivity contribution in [2.24, 2.45) is 0 Å². The zero-order valence-corrected chi connectivity index (χ0v) is 10.9. The summed E-state index contributed by atoms with van der Waals surface area (Å²) in [4.78, 5) is 12.2. The molecule has 1 amide bonds. The highest BCUT2D eigenvalue weighted by molar-refractivity contribution is 5.91. The lowest BCUT2D eigenvalue weighted by atomic mass is 9.95. The van der Waals surface area contributed by atoms with E-state index in [-0.39, 0.29) is 24.9 Å². The molecule has 1 aromatic carbocycles. The number of ether oxygens (including phenoxy) is 1. The molecule has 4 nitrogen and oxygen atoms in total. The molecule has 0 spiro atoms. The van der Waals surface area contributed by atoms with E-state index in [1.54, 1.807) is 12.1 Å². The Balaban J connectivity index is 1.99. The van der Waals surface area contributed by atoms with Gasteiger partial charge in [0.15, 0.2) is 0 Å². The van der Waals surface area contributed by atoms with Gasteiger partial charge >= 0.3 is 0 Å². The summed E-state index contributed by atoms with van der Waals surface area (Å²) in [6.07, 6.45) is 0.697. The second kappa shape index (κ2) is 5.67. The van der Waals surface area contributed by atoms with Crippen molar-refractivity contribution in [3.63, 3.8) is 0 Å². The van der Waals surface area contributed by atoms with Gasteiger partial charge in [-0.3, -0.25) is 4.79 Å². The van der Waals surface area contributed by atoms with Crippen LogP contribution in [0.4, 0.5) is 4.39 Å². The van der Waals surface area contributed by atoms with Gasteiger partial charge < -0.3 is 15.2 Å². The fourth-order valence-electron chi connectivity index (χ4n) is 2.19. The first-order valence-corrected chi connectivity index (χ1v) is 6.30. The van der Waals surface area contributed by atoms with E-state index < -0.39 is 11.5 Å². The molecule has 1 atom stereocenters. The van der Waals surface area contributed by atoms with Crippen molar-refractivity contribution in [3.05, 3.63) is 35.6 Å². The average Bonchev–Trinajstić information content (AvgIpc) is 3.18. The minimum absolute atomic E-state index is 0.143. The number of aliphatic hydroxyl groups is 1. The summed E-state index contributed by atoms with van der Waals surface area (Å²) in [6, 6.07) is 6.14. The molecule has 0 aliphatic heterocycles. The van der Waals surface area contributed by atoms with Gasteiger partial charge in [-0.05, 0) is 30.5 Å². The van der Waals surface area contributed by atoms with Crippen LogP contribution in [-0.4, -0.2) is 37.4 Å². The molecule has 1 unspecified atom stereocenters. The lowest BCUT2D eigenvalue weighted by molar-refractivity contribution is -0.124. The van der Waals surface area contributed by atoms with Gasteiger partial charge in [-0.25, -0.2) is 4.39 Å². The van der Waals surface area contributed by atoms with Gasteiger partial charge in [-0.15, -0.1) is 0 Å². The van der Waals surface area contributed by atoms with Crippen molar-refractivity contribution < 1.29 is 19.0 Å². The van der Waals surface area contributed by atoms with Gasteiger partial charge in [-0.2, -0.15) is 0 Å². The molecule has 1 aromatic rings. The lowest BCUT2D eigenvalue weighted by Gasteiger charge is -2.17. The summed E-state index contributed by atoms with van der Waals surface area (Å²) in [5.74, 6) is -0.496. The quantitative estimate of drug-likeness (QED) is 0.808. The van der Waals surface area contributed by atoms with E-state index in [1.165, 1.54) is 19.2 Å². The number of benzene rings is 1. The second-order valence-corrected chi connectivity index (χ2v) is 4.91. The number of halogens is 1. The first-order valence-electron chi connectivity index (χ1n) is 6.30. The topological polar surface area (TPSA) is 58.6 Å². The number of carbonyl (C=O) groups is 1. The maximum atomic E-state index is 13.2. The molecule has 104 valence electrons. The van der Waals surface area contributed by atoms with Crippen molar-refractivity contribution in [2.75, 3.05) is 20.3 Å². The first kappa shape index (κ1) is 14.0. The third-order valence-electron chi connectivity index (χ3n) is 3.42. The average molecular weight is 267 g/mol. The maximum absolute atomic E-state index is 13.2. The highest BCUT2D eigenvalue weighted by Gasteiger charge is 2.51. The maximum Gasteiger partial charge on any atom is 0.230 e. The van der Waals surface area contributed by atoms with Crippen LogP contribution in [0, 0.1) is 5.82 Å². The molecular weight excluding hydrogens is 249 g/mol. The van der Waals surface area contributed by atoms with Crippen LogP contribution in [0.5, 0.6) is 0 Å². The van der Waals surface area contributed by atoms with Crippen LogP contribution in [0.3, 0.4) is 0 Å². The van der Waals surface area contributed by atoms with Gasteiger partial charge in [-0.1, -0.05) is 12.1 Å². The van der Waals surface area contributed by atoms with E-state index in [1.807, 2.05) is 0 Å². The molecular formula is C14H18FNO3. The number of hydrogen-bond donors (Lipinski definition) is 2. The molecule has 0 radical (unpaired) electrons. The zero-order valence-electron chi connectivity index (χ0n) is 10.9. The molecule has 2 N–H and O–H groups in total. The molecule has 1 saturated carbocycles. The van der Waals surface area contributed by atoms with E-state index in [9.17, 15) is 14.3 Å². The number of hydrogen-bond acceptors (Lipinski definition) is 3. The Kier molecular flexibility index (Phi) is 4.17. The summed E-state index contributed by atoms with van der Waals surface area (Å²) < 4.78 is 18.0. The number of methoxy groups -OCH3 is 1. The third-order valence-corrected chi connectivity index (χ3v) is 3.42. The molecule has 0 bridgehead atoms. The Morgan fingerprint density at radius 2 is 2.32 bits per heavy atom. The number of amides is 1. The fourth-order valence-corrected chi connectivity index (χ4v) is 2.19. The fraction of sp³-hybridized carbons (Fsp3) is 0.500. The Hall–Kier alpha value is -1.46. The number of nitrogens with one attached hydrogen (secondary N) is 1. The summed E-state index contributed by atoms with van der Waals surface area (Å²) >= 11 is 0. The summed E-state index contributed by atoms with van der Waals surface area (Å²) in [5.41, 5.74) is 0.0840. The highest BCUT2D eigenvalue weighted by atomic mass is 19.1. The lowest BCUT2D eigenvalue weighted by Crippen LogP contribution is -2.40. The van der Waals surface area contributed by atoms with Gasteiger partial charge in [0.2, 0.25) is 5.91 Å². The normalized spacial score (nSPS) is 17.8. The van der Waals surface area contributed by atoms with E-state index in [0.717, 1.165) is 0 Å². The van der Waals surface area contributed by atoms with Crippen LogP contribution in [0.2, 0.25) is 0 Å². The molecule has 19 heavy (non-hydrogen) atoms. The van der Waals surface area contributed by atoms with Crippen molar-refractivity contribution in [1.29, 1.82) is 0 Å². The minimum atomic E-state index is -0.725. The van der Waals surface area contributed by atoms with E-state index in [2.05, 4.69) is 5.32 Å². The smallest absolute Gasteiger partial charge is 0.230 e. The number of aliphatic hydroxyl groups excluding tert-OH is 1. The predicted octanol–water partition coefficient (Wildman–Crippen LogP) is 0.981. The van der Waals surface area contributed by atoms with Crippen LogP contribution >= 0.6 is 0 Å². The highest BCUT2D eigenvalue weighted by Crippen LogP contribution is 2.48. The van der Waals surface area contributed by atoms with Gasteiger partial charge in [0.1, 0.15) is 5.82 Å². The summed E-state index contributed by atoms with van der Waals surface area (Å²) in [5, 5.41) is 12.2. The largest absolute Gasteiger partial charge is 0.389 e. The molecule has 0 aromatic heterocycles. The first-order chi connectivity index (χ1) is 9.08. The molecule has 0 saturated heterocycles. The molecule has 5 heteroatoms. The van der Waals surface area contributed by atoms with Crippen LogP contribution in [0.25, 0.3) is 0 Å². The van der Waals surface area contributed by atoms with Crippen LogP contribution in [-0.2, 0) is 14.9 Å². The van der Waals surface area contributed by atoms with Crippen LogP contribution in [0.1, 0.15) is 18.4 Å². The Morgan fingerprint density at radius 3 is 2.89 bits per heavy atom. The van der Waals surface area contributed by atoms with Crippen molar-refractivity contribution >= 4 is 5.91 Å². The van der Waals surface area contributed by atoms with Crippen molar-refractivity contribution in [3.8, 4) is 0 Å². The van der Waals surface area contributed by atoms with E-state index in [0.29, 0.717) is 18.4 Å². The van der Waals surface area contributed by atoms with E-state index >= 15 is 0 Å². The van der Waals surface area contributed by atoms with Crippen molar-refractivity contribution in [1.82, 2.24) is 5.32 Å². The number of rotatable bonds is 6. The Morgan fingerprint density at radius 1 is 1.58 bits per heavy atom. The number of carbonyl (C=O) groups excluding carboxylic acids is 1. The predicted molar refractivity (Wildman–Crippen MR) is 68.2 cm³/mol. The summed E-state index contributed by atoms with van der Waals surface area (Å²) in [7, 11) is 1.49. The van der Waals surface area contributed by atoms with Gasteiger partial charge in [0.05, 0.1) is 18.1 Å².